The SMILES string of the molecule is CC=CC(C)(CNC)CC(=CCC)CC. The van der Waals surface area contributed by atoms with Gasteiger partial charge in [-0.2, -0.15) is 0 Å². The molecule has 0 bridgehead atoms. The molecule has 0 spiro atoms. The minimum Gasteiger partial charge on any atom is -0.319 e. The van der Waals surface area contributed by atoms with Gasteiger partial charge in [0.15, 0.2) is 0 Å². The lowest BCUT2D eigenvalue weighted by Crippen LogP contribution is -2.28. The normalized spacial score (nSPS) is 17.0. The Labute approximate surface area is 95.7 Å². The summed E-state index contributed by atoms with van der Waals surface area (Å²) in [6.07, 6.45) is 10.3. The zero-order valence-corrected chi connectivity index (χ0v) is 11.1. The van der Waals surface area contributed by atoms with Crippen molar-refractivity contribution in [3.63, 3.8) is 0 Å². The molecular formula is C14H27N. The van der Waals surface area contributed by atoms with Crippen LogP contribution in [0.25, 0.3) is 0 Å². The van der Waals surface area contributed by atoms with Gasteiger partial charge in [-0.05, 0) is 33.2 Å². The Morgan fingerprint density at radius 1 is 1.33 bits per heavy atom. The molecule has 1 N–H and O–H groups in total. The second-order valence-electron chi connectivity index (χ2n) is 4.49. The molecule has 1 atom stereocenters. The first kappa shape index (κ1) is 14.4. The summed E-state index contributed by atoms with van der Waals surface area (Å²) in [6.45, 7) is 9.92. The molecule has 0 saturated carbocycles. The highest BCUT2D eigenvalue weighted by Crippen LogP contribution is 2.28. The van der Waals surface area contributed by atoms with E-state index < -0.39 is 0 Å². The average molecular weight is 209 g/mol. The van der Waals surface area contributed by atoms with Gasteiger partial charge in [0.2, 0.25) is 0 Å². The standard InChI is InChI=1S/C14H27N/c1-6-9-13(8-3)11-14(4,10-7-2)12-15-5/h7,9-10,15H,6,8,11-12H2,1-5H3. The van der Waals surface area contributed by atoms with Gasteiger partial charge < -0.3 is 5.32 Å². The summed E-state index contributed by atoms with van der Waals surface area (Å²) >= 11 is 0. The maximum Gasteiger partial charge on any atom is 0.00399 e. The van der Waals surface area contributed by atoms with Gasteiger partial charge in [-0.1, -0.05) is 44.6 Å². The quantitative estimate of drug-likeness (QED) is 0.627. The lowest BCUT2D eigenvalue weighted by atomic mass is 9.82. The summed E-state index contributed by atoms with van der Waals surface area (Å²) in [5, 5.41) is 3.29. The van der Waals surface area contributed by atoms with Crippen LogP contribution >= 0.6 is 0 Å². The summed E-state index contributed by atoms with van der Waals surface area (Å²) < 4.78 is 0. The Bertz CT molecular complexity index is 215. The fourth-order valence-electron chi connectivity index (χ4n) is 2.14. The lowest BCUT2D eigenvalue weighted by molar-refractivity contribution is 0.399. The first-order chi connectivity index (χ1) is 7.11. The smallest absolute Gasteiger partial charge is 0.00399 e. The molecule has 1 unspecified atom stereocenters. The largest absolute Gasteiger partial charge is 0.319 e. The van der Waals surface area contributed by atoms with Gasteiger partial charge in [-0.15, -0.1) is 0 Å². The zero-order chi connectivity index (χ0) is 11.7. The number of hydrogen-bond acceptors (Lipinski definition) is 1. The van der Waals surface area contributed by atoms with E-state index in [2.05, 4.69) is 51.2 Å². The van der Waals surface area contributed by atoms with E-state index in [0.29, 0.717) is 0 Å². The molecule has 0 amide bonds. The van der Waals surface area contributed by atoms with Gasteiger partial charge in [-0.25, -0.2) is 0 Å². The van der Waals surface area contributed by atoms with Crippen molar-refractivity contribution in [2.75, 3.05) is 13.6 Å². The maximum atomic E-state index is 3.29. The minimum atomic E-state index is 0.264. The van der Waals surface area contributed by atoms with Gasteiger partial charge in [-0.3, -0.25) is 0 Å². The summed E-state index contributed by atoms with van der Waals surface area (Å²) in [6, 6.07) is 0. The third kappa shape index (κ3) is 5.78. The highest BCUT2D eigenvalue weighted by atomic mass is 14.8. The van der Waals surface area contributed by atoms with Crippen molar-refractivity contribution < 1.29 is 0 Å². The molecule has 0 rings (SSSR count). The predicted octanol–water partition coefficient (Wildman–Crippen LogP) is 3.92. The summed E-state index contributed by atoms with van der Waals surface area (Å²) in [5.74, 6) is 0. The molecule has 88 valence electrons. The summed E-state index contributed by atoms with van der Waals surface area (Å²) in [7, 11) is 2.02. The van der Waals surface area contributed by atoms with E-state index in [1.165, 1.54) is 12.8 Å². The molecular weight excluding hydrogens is 182 g/mol. The van der Waals surface area contributed by atoms with Gasteiger partial charge in [0, 0.05) is 12.0 Å². The van der Waals surface area contributed by atoms with E-state index in [0.717, 1.165) is 13.0 Å². The van der Waals surface area contributed by atoms with Crippen molar-refractivity contribution in [1.82, 2.24) is 5.32 Å². The van der Waals surface area contributed by atoms with E-state index in [1.54, 1.807) is 5.57 Å². The van der Waals surface area contributed by atoms with Crippen molar-refractivity contribution in [3.8, 4) is 0 Å². The highest BCUT2D eigenvalue weighted by Gasteiger charge is 2.20. The molecule has 0 saturated heterocycles. The van der Waals surface area contributed by atoms with Crippen LogP contribution in [0.15, 0.2) is 23.8 Å². The van der Waals surface area contributed by atoms with Crippen LogP contribution in [0.2, 0.25) is 0 Å². The molecule has 0 fully saturated rings. The number of rotatable bonds is 7. The van der Waals surface area contributed by atoms with Crippen LogP contribution in [0.3, 0.4) is 0 Å². The van der Waals surface area contributed by atoms with Crippen LogP contribution in [-0.2, 0) is 0 Å². The Kier molecular flexibility index (Phi) is 7.41. The second-order valence-corrected chi connectivity index (χ2v) is 4.49. The molecule has 0 heterocycles. The molecule has 0 aliphatic carbocycles. The third-order valence-electron chi connectivity index (χ3n) is 2.73. The molecule has 15 heavy (non-hydrogen) atoms. The Balaban J connectivity index is 4.57. The first-order valence-electron chi connectivity index (χ1n) is 6.08. The molecule has 0 aromatic rings. The van der Waals surface area contributed by atoms with Crippen LogP contribution in [0.1, 0.15) is 47.0 Å². The average Bonchev–Trinajstić information content (AvgIpc) is 2.17. The molecule has 1 heteroatoms. The van der Waals surface area contributed by atoms with E-state index in [4.69, 9.17) is 0 Å². The first-order valence-corrected chi connectivity index (χ1v) is 6.08. The molecule has 0 radical (unpaired) electrons. The third-order valence-corrected chi connectivity index (χ3v) is 2.73. The van der Waals surface area contributed by atoms with Crippen molar-refractivity contribution in [2.45, 2.75) is 47.0 Å². The fraction of sp³-hybridized carbons (Fsp3) is 0.714. The monoisotopic (exact) mass is 209 g/mol. The minimum absolute atomic E-state index is 0.264. The Hall–Kier alpha value is -0.560. The van der Waals surface area contributed by atoms with Crippen LogP contribution in [0.4, 0.5) is 0 Å². The highest BCUT2D eigenvalue weighted by molar-refractivity contribution is 5.10. The van der Waals surface area contributed by atoms with Crippen LogP contribution in [-0.4, -0.2) is 13.6 Å². The van der Waals surface area contributed by atoms with E-state index in [9.17, 15) is 0 Å². The predicted molar refractivity (Wildman–Crippen MR) is 70.1 cm³/mol. The maximum absolute atomic E-state index is 3.29. The van der Waals surface area contributed by atoms with Crippen LogP contribution in [0, 0.1) is 5.41 Å². The lowest BCUT2D eigenvalue weighted by Gasteiger charge is -2.27. The molecule has 1 nitrogen and oxygen atoms in total. The van der Waals surface area contributed by atoms with Gasteiger partial charge >= 0.3 is 0 Å². The molecule has 0 aromatic heterocycles. The number of nitrogens with one attached hydrogen (secondary N) is 1. The van der Waals surface area contributed by atoms with E-state index >= 15 is 0 Å². The van der Waals surface area contributed by atoms with E-state index in [-0.39, 0.29) is 5.41 Å². The summed E-state index contributed by atoms with van der Waals surface area (Å²) in [4.78, 5) is 0. The van der Waals surface area contributed by atoms with Gasteiger partial charge in [0.05, 0.1) is 0 Å². The molecule has 0 aromatic carbocycles. The van der Waals surface area contributed by atoms with Crippen LogP contribution in [0.5, 0.6) is 0 Å². The Morgan fingerprint density at radius 2 is 2.00 bits per heavy atom. The topological polar surface area (TPSA) is 12.0 Å². The number of hydrogen-bond donors (Lipinski definition) is 1. The number of allylic oxidation sites excluding steroid dienone is 3. The Morgan fingerprint density at radius 3 is 2.40 bits per heavy atom. The summed E-state index contributed by atoms with van der Waals surface area (Å²) in [5.41, 5.74) is 1.84. The molecule has 0 aliphatic rings. The van der Waals surface area contributed by atoms with Crippen molar-refractivity contribution in [2.24, 2.45) is 5.41 Å². The van der Waals surface area contributed by atoms with Crippen molar-refractivity contribution in [3.05, 3.63) is 23.8 Å². The van der Waals surface area contributed by atoms with Crippen molar-refractivity contribution >= 4 is 0 Å². The van der Waals surface area contributed by atoms with Gasteiger partial charge in [0.1, 0.15) is 0 Å². The second kappa shape index (κ2) is 7.70. The van der Waals surface area contributed by atoms with Gasteiger partial charge in [0.25, 0.3) is 0 Å². The fourth-order valence-corrected chi connectivity index (χ4v) is 2.14. The molecule has 0 aliphatic heterocycles. The van der Waals surface area contributed by atoms with Crippen LogP contribution < -0.4 is 5.32 Å². The van der Waals surface area contributed by atoms with Crippen molar-refractivity contribution in [1.29, 1.82) is 0 Å². The zero-order valence-electron chi connectivity index (χ0n) is 11.1. The van der Waals surface area contributed by atoms with E-state index in [1.807, 2.05) is 7.05 Å².